The molecule has 8 rings (SSSR count). The van der Waals surface area contributed by atoms with E-state index in [-0.39, 0.29) is 18.0 Å². The van der Waals surface area contributed by atoms with Gasteiger partial charge in [-0.15, -0.1) is 20.4 Å². The second-order valence-electron chi connectivity index (χ2n) is 18.8. The van der Waals surface area contributed by atoms with Crippen LogP contribution in [0, 0.1) is 11.8 Å². The topological polar surface area (TPSA) is 189 Å². The fourth-order valence-corrected chi connectivity index (χ4v) is 10.3. The van der Waals surface area contributed by atoms with Crippen molar-refractivity contribution in [2.24, 2.45) is 22.7 Å². The summed E-state index contributed by atoms with van der Waals surface area (Å²) in [6.07, 6.45) is 13.6. The molecule has 6 atom stereocenters. The van der Waals surface area contributed by atoms with Gasteiger partial charge in [-0.05, 0) is 67.3 Å². The normalized spacial score (nSPS) is 22.6. The van der Waals surface area contributed by atoms with Crippen molar-refractivity contribution >= 4 is 49.8 Å². The van der Waals surface area contributed by atoms with Crippen LogP contribution in [0.5, 0.6) is 0 Å². The molecule has 0 saturated heterocycles. The highest BCUT2D eigenvalue weighted by Crippen LogP contribution is 2.43. The van der Waals surface area contributed by atoms with Crippen molar-refractivity contribution in [1.29, 1.82) is 0 Å². The maximum absolute atomic E-state index is 8.86. The molecule has 0 spiro atoms. The third kappa shape index (κ3) is 9.16. The highest BCUT2D eigenvalue weighted by molar-refractivity contribution is 6.76. The summed E-state index contributed by atoms with van der Waals surface area (Å²) in [4.78, 5) is 12.3. The second kappa shape index (κ2) is 17.6. The quantitative estimate of drug-likeness (QED) is 0.0347. The number of ether oxygens (including phenoxy) is 2. The van der Waals surface area contributed by atoms with E-state index >= 15 is 0 Å². The minimum absolute atomic E-state index is 0.0268. The number of nitrogens with zero attached hydrogens (tertiary/aromatic N) is 13. The zero-order valence-corrected chi connectivity index (χ0v) is 37.6. The van der Waals surface area contributed by atoms with Gasteiger partial charge in [-0.1, -0.05) is 71.1 Å². The minimum atomic E-state index is -1.11. The average molecular weight is 827 g/mol. The molecule has 0 bridgehead atoms. The lowest BCUT2D eigenvalue weighted by molar-refractivity contribution is 0.0898. The van der Waals surface area contributed by atoms with Crippen molar-refractivity contribution in [3.63, 3.8) is 0 Å². The monoisotopic (exact) mass is 826 g/mol. The first-order chi connectivity index (χ1) is 27.8. The molecule has 0 amide bonds. The van der Waals surface area contributed by atoms with Gasteiger partial charge < -0.3 is 24.3 Å². The van der Waals surface area contributed by atoms with Gasteiger partial charge in [0.05, 0.1) is 23.4 Å². The van der Waals surface area contributed by atoms with Crippen LogP contribution < -0.4 is 5.73 Å². The van der Waals surface area contributed by atoms with Gasteiger partial charge in [-0.2, -0.15) is 0 Å². The minimum Gasteiger partial charge on any atom is -0.361 e. The fraction of sp³-hybridized carbons (Fsp3) is 0.650. The van der Waals surface area contributed by atoms with Crippen molar-refractivity contribution in [2.45, 2.75) is 141 Å². The van der Waals surface area contributed by atoms with E-state index in [4.69, 9.17) is 20.7 Å². The average Bonchev–Trinajstić information content (AvgIpc) is 4.03. The van der Waals surface area contributed by atoms with Gasteiger partial charge >= 0.3 is 0 Å². The van der Waals surface area contributed by atoms with Crippen LogP contribution in [0.15, 0.2) is 42.0 Å². The first-order valence-electron chi connectivity index (χ1n) is 21.1. The predicted octanol–water partition coefficient (Wildman–Crippen LogP) is 8.60. The number of azide groups is 1. The van der Waals surface area contributed by atoms with Gasteiger partial charge in [0.2, 0.25) is 0 Å². The number of fused-ring (bicyclic) bond motifs is 6. The van der Waals surface area contributed by atoms with Crippen LogP contribution in [0.2, 0.25) is 51.4 Å². The summed E-state index contributed by atoms with van der Waals surface area (Å²) in [5.74, 6) is 3.55. The van der Waals surface area contributed by atoms with Crippen molar-refractivity contribution in [1.82, 2.24) is 48.3 Å². The largest absolute Gasteiger partial charge is 0.361 e. The molecule has 2 aliphatic carbocycles. The Morgan fingerprint density at radius 2 is 1.21 bits per heavy atom. The molecule has 6 heterocycles. The molecule has 0 radical (unpaired) electrons. The van der Waals surface area contributed by atoms with Gasteiger partial charge in [-0.25, -0.2) is 9.97 Å². The van der Waals surface area contributed by atoms with Gasteiger partial charge in [0, 0.05) is 70.6 Å². The van der Waals surface area contributed by atoms with Crippen molar-refractivity contribution in [3.05, 3.63) is 59.0 Å². The van der Waals surface area contributed by atoms with E-state index in [1.807, 2.05) is 23.2 Å². The lowest BCUT2D eigenvalue weighted by atomic mass is 9.93. The molecule has 18 heteroatoms. The Labute approximate surface area is 342 Å². The molecule has 0 aromatic carbocycles. The summed E-state index contributed by atoms with van der Waals surface area (Å²) >= 11 is 0. The summed E-state index contributed by atoms with van der Waals surface area (Å²) in [6.45, 7) is 21.2. The van der Waals surface area contributed by atoms with E-state index in [0.717, 1.165) is 103 Å². The molecule has 0 aliphatic heterocycles. The number of hydrogen-bond donors (Lipinski definition) is 1. The van der Waals surface area contributed by atoms with Crippen LogP contribution in [0.1, 0.15) is 75.9 Å². The summed E-state index contributed by atoms with van der Waals surface area (Å²) in [5, 5.41) is 21.8. The summed E-state index contributed by atoms with van der Waals surface area (Å²) in [7, 11) is -2.18. The van der Waals surface area contributed by atoms with Gasteiger partial charge in [0.15, 0.2) is 22.6 Å². The zero-order chi connectivity index (χ0) is 41.2. The van der Waals surface area contributed by atoms with Crippen molar-refractivity contribution in [3.8, 4) is 0 Å². The summed E-state index contributed by atoms with van der Waals surface area (Å²) in [6, 6.07) is 6.75. The molecule has 2 fully saturated rings. The van der Waals surface area contributed by atoms with Crippen molar-refractivity contribution in [2.75, 3.05) is 13.2 Å². The molecule has 58 heavy (non-hydrogen) atoms. The van der Waals surface area contributed by atoms with Gasteiger partial charge in [-0.3, -0.25) is 8.80 Å². The van der Waals surface area contributed by atoms with E-state index in [2.05, 4.69) is 119 Å². The van der Waals surface area contributed by atoms with E-state index in [0.29, 0.717) is 31.2 Å². The highest BCUT2D eigenvalue weighted by atomic mass is 28.3. The highest BCUT2D eigenvalue weighted by Gasteiger charge is 2.37. The second-order valence-corrected chi connectivity index (χ2v) is 30.1. The zero-order valence-electron chi connectivity index (χ0n) is 35.6. The van der Waals surface area contributed by atoms with Crippen LogP contribution in [0.3, 0.4) is 0 Å². The summed E-state index contributed by atoms with van der Waals surface area (Å²) in [5.41, 5.74) is 20.5. The first-order valence-corrected chi connectivity index (χ1v) is 28.5. The van der Waals surface area contributed by atoms with E-state index < -0.39 is 16.1 Å². The Hall–Kier alpha value is -4.20. The molecule has 2 aliphatic rings. The standard InChI is InChI=1S/C20H30N8OSi.C20H32N6OSi/c1-5-14-10-15(23-26-21)11-16(14)19-25-24-18-12-22-20-17(28(18)19)6-7-27(20)13-29-8-9-30(2,3)4;1-5-14-10-15(21)11-16(14)19-24-23-18-12-22-20-17(26(18)19)6-7-25(20)13-27-8-9-28(2,3)4/h6-7,12,14-16H,5,8-11,13H2,1-4H3;6-7,12,14-16H,5,8-11,13,21H2,1-4H3. The Morgan fingerprint density at radius 3 is 1.67 bits per heavy atom. The molecule has 16 nitrogen and oxygen atoms in total. The number of hydrogen-bond acceptors (Lipinski definition) is 10. The molecular weight excluding hydrogens is 765 g/mol. The lowest BCUT2D eigenvalue weighted by Gasteiger charge is -2.16. The Morgan fingerprint density at radius 1 is 0.724 bits per heavy atom. The number of nitrogens with two attached hydrogens (primary N) is 1. The van der Waals surface area contributed by atoms with Gasteiger partial charge in [0.1, 0.15) is 25.1 Å². The van der Waals surface area contributed by atoms with Gasteiger partial charge in [0.25, 0.3) is 0 Å². The lowest BCUT2D eigenvalue weighted by Crippen LogP contribution is -2.22. The Kier molecular flexibility index (Phi) is 12.7. The number of rotatable bonds is 15. The Balaban J connectivity index is 0.000000177. The van der Waals surface area contributed by atoms with E-state index in [1.165, 1.54) is 6.04 Å². The molecule has 2 saturated carbocycles. The first kappa shape index (κ1) is 41.9. The smallest absolute Gasteiger partial charge is 0.179 e. The third-order valence-electron chi connectivity index (χ3n) is 12.1. The molecular formula is C40H62N14O2Si2. The summed E-state index contributed by atoms with van der Waals surface area (Å²) < 4.78 is 20.3. The molecule has 312 valence electrons. The molecule has 2 N–H and O–H groups in total. The van der Waals surface area contributed by atoms with Crippen molar-refractivity contribution < 1.29 is 9.47 Å². The maximum atomic E-state index is 8.86. The van der Waals surface area contributed by atoms with Crippen LogP contribution in [0.25, 0.3) is 44.1 Å². The fourth-order valence-electron chi connectivity index (χ4n) is 8.79. The van der Waals surface area contributed by atoms with Crippen LogP contribution in [-0.4, -0.2) is 89.7 Å². The molecule has 6 unspecified atom stereocenters. The van der Waals surface area contributed by atoms with Crippen LogP contribution in [-0.2, 0) is 22.9 Å². The van der Waals surface area contributed by atoms with Crippen LogP contribution in [0.4, 0.5) is 0 Å². The predicted molar refractivity (Wildman–Crippen MR) is 233 cm³/mol. The SMILES string of the molecule is CCC1CC(N)CC1c1nnc2cnc3c(ccn3COCC[Si](C)(C)C)n12.CCC1CC(N=[N+]=[N-])CC1c1nnc2cnc3c(ccn3COCC[Si](C)(C)C)n12. The molecule has 6 aromatic heterocycles. The van der Waals surface area contributed by atoms with E-state index in [9.17, 15) is 0 Å². The van der Waals surface area contributed by atoms with E-state index in [1.54, 1.807) is 6.20 Å². The number of aromatic nitrogens is 10. The molecule has 6 aromatic rings. The maximum Gasteiger partial charge on any atom is 0.179 e. The van der Waals surface area contributed by atoms with Crippen LogP contribution >= 0.6 is 0 Å². The third-order valence-corrected chi connectivity index (χ3v) is 15.5. The Bertz CT molecular complexity index is 2370.